The first-order valence-corrected chi connectivity index (χ1v) is 9.90. The topological polar surface area (TPSA) is 93.0 Å². The molecule has 6 rings (SSSR count). The fourth-order valence-corrected chi connectivity index (χ4v) is 4.28. The Morgan fingerprint density at radius 2 is 2.17 bits per heavy atom. The van der Waals surface area contributed by atoms with Gasteiger partial charge >= 0.3 is 0 Å². The maximum absolute atomic E-state index is 5.61. The average molecular weight is 404 g/mol. The molecule has 4 aromatic rings. The summed E-state index contributed by atoms with van der Waals surface area (Å²) >= 11 is 0. The third-order valence-corrected chi connectivity index (χ3v) is 5.79. The van der Waals surface area contributed by atoms with Crippen molar-refractivity contribution in [3.63, 3.8) is 0 Å². The normalized spacial score (nSPS) is 17.3. The number of nitrogens with zero attached hydrogens (tertiary/aromatic N) is 6. The van der Waals surface area contributed by atoms with Crippen molar-refractivity contribution in [2.45, 2.75) is 18.8 Å². The molecule has 0 N–H and O–H groups in total. The molecule has 30 heavy (non-hydrogen) atoms. The molecule has 0 bridgehead atoms. The van der Waals surface area contributed by atoms with Gasteiger partial charge in [0.25, 0.3) is 5.89 Å². The molecule has 0 unspecified atom stereocenters. The summed E-state index contributed by atoms with van der Waals surface area (Å²) in [6.07, 6.45) is 5.42. The Bertz CT molecular complexity index is 1250. The Balaban J connectivity index is 1.51. The lowest BCUT2D eigenvalue weighted by Gasteiger charge is -2.11. The van der Waals surface area contributed by atoms with Gasteiger partial charge in [0.15, 0.2) is 11.5 Å². The molecule has 0 amide bonds. The summed E-state index contributed by atoms with van der Waals surface area (Å²) < 4.78 is 20.4. The number of benzene rings is 1. The van der Waals surface area contributed by atoms with Crippen LogP contribution in [0.5, 0.6) is 5.75 Å². The Labute approximate surface area is 172 Å². The molecule has 0 spiro atoms. The summed E-state index contributed by atoms with van der Waals surface area (Å²) in [4.78, 5) is 9.29. The zero-order valence-corrected chi connectivity index (χ0v) is 16.7. The van der Waals surface area contributed by atoms with Crippen LogP contribution in [0.1, 0.15) is 29.4 Å². The van der Waals surface area contributed by atoms with Crippen LogP contribution in [-0.2, 0) is 18.2 Å². The molecular formula is C21H20N6O3. The molecule has 2 aliphatic rings. The Morgan fingerprint density at radius 3 is 3.00 bits per heavy atom. The number of hydrogen-bond acceptors (Lipinski definition) is 7. The van der Waals surface area contributed by atoms with Gasteiger partial charge in [0, 0.05) is 43.3 Å². The van der Waals surface area contributed by atoms with Crippen molar-refractivity contribution in [1.29, 1.82) is 0 Å². The standard InChI is InChI=1S/C21H20N6O3/c1-26-9-13-7-17-19(21-23-20(25-30-21)12-5-6-29-10-12)22-11-27(17)16-4-3-14(28-2)8-15(16)18(13)24-26/h3-4,8-9,11-12H,5-7,10H2,1-2H3/t12-/m1/s1. The molecule has 3 aromatic heterocycles. The van der Waals surface area contributed by atoms with E-state index in [9.17, 15) is 0 Å². The van der Waals surface area contributed by atoms with Crippen LogP contribution in [0.2, 0.25) is 0 Å². The fraction of sp³-hybridized carbons (Fsp3) is 0.333. The summed E-state index contributed by atoms with van der Waals surface area (Å²) in [5.41, 5.74) is 5.73. The highest BCUT2D eigenvalue weighted by atomic mass is 16.5. The van der Waals surface area contributed by atoms with E-state index in [0.29, 0.717) is 30.4 Å². The molecule has 2 aliphatic heterocycles. The molecule has 0 aliphatic carbocycles. The number of aromatic nitrogens is 6. The van der Waals surface area contributed by atoms with Gasteiger partial charge in [-0.25, -0.2) is 4.98 Å². The lowest BCUT2D eigenvalue weighted by atomic mass is 10.0. The summed E-state index contributed by atoms with van der Waals surface area (Å²) in [5.74, 6) is 2.09. The van der Waals surface area contributed by atoms with Crippen LogP contribution in [0.25, 0.3) is 28.5 Å². The molecule has 1 atom stereocenters. The Morgan fingerprint density at radius 1 is 1.23 bits per heavy atom. The van der Waals surface area contributed by atoms with Crippen LogP contribution in [0.15, 0.2) is 35.2 Å². The SMILES string of the molecule is COc1ccc2c(c1)-c1nn(C)cc1Cc1c(-c3nc([C@@H]4CCOC4)no3)ncn1-2. The minimum atomic E-state index is 0.182. The third kappa shape index (κ3) is 2.58. The van der Waals surface area contributed by atoms with E-state index in [1.165, 1.54) is 0 Å². The van der Waals surface area contributed by atoms with E-state index >= 15 is 0 Å². The van der Waals surface area contributed by atoms with Crippen molar-refractivity contribution in [1.82, 2.24) is 29.5 Å². The number of hydrogen-bond donors (Lipinski definition) is 0. The van der Waals surface area contributed by atoms with Crippen LogP contribution in [0, 0.1) is 0 Å². The summed E-state index contributed by atoms with van der Waals surface area (Å²) in [5, 5.41) is 8.91. The largest absolute Gasteiger partial charge is 0.497 e. The van der Waals surface area contributed by atoms with E-state index in [1.807, 2.05) is 42.5 Å². The maximum atomic E-state index is 5.61. The molecule has 152 valence electrons. The predicted molar refractivity (Wildman–Crippen MR) is 107 cm³/mol. The van der Waals surface area contributed by atoms with Crippen molar-refractivity contribution in [3.8, 4) is 34.3 Å². The molecular weight excluding hydrogens is 384 g/mol. The second kappa shape index (κ2) is 6.53. The van der Waals surface area contributed by atoms with Gasteiger partial charge in [-0.1, -0.05) is 5.16 Å². The van der Waals surface area contributed by atoms with Gasteiger partial charge in [-0.3, -0.25) is 4.68 Å². The average Bonchev–Trinajstić information content (AvgIpc) is 3.53. The van der Waals surface area contributed by atoms with Gasteiger partial charge in [0.1, 0.15) is 12.1 Å². The van der Waals surface area contributed by atoms with Gasteiger partial charge in [-0.15, -0.1) is 0 Å². The fourth-order valence-electron chi connectivity index (χ4n) is 4.28. The van der Waals surface area contributed by atoms with Crippen molar-refractivity contribution < 1.29 is 14.0 Å². The first kappa shape index (κ1) is 17.4. The number of ether oxygens (including phenoxy) is 2. The number of fused-ring (bicyclic) bond motifs is 5. The van der Waals surface area contributed by atoms with Crippen LogP contribution in [0.4, 0.5) is 0 Å². The van der Waals surface area contributed by atoms with Crippen molar-refractivity contribution in [3.05, 3.63) is 47.8 Å². The van der Waals surface area contributed by atoms with E-state index in [-0.39, 0.29) is 5.92 Å². The highest BCUT2D eigenvalue weighted by Crippen LogP contribution is 2.39. The van der Waals surface area contributed by atoms with E-state index in [1.54, 1.807) is 7.11 Å². The second-order valence-corrected chi connectivity index (χ2v) is 7.66. The quantitative estimate of drug-likeness (QED) is 0.456. The van der Waals surface area contributed by atoms with Crippen LogP contribution < -0.4 is 4.74 Å². The first-order chi connectivity index (χ1) is 14.7. The van der Waals surface area contributed by atoms with Gasteiger partial charge in [0.05, 0.1) is 30.8 Å². The van der Waals surface area contributed by atoms with Gasteiger partial charge in [-0.2, -0.15) is 10.1 Å². The molecule has 5 heterocycles. The molecule has 9 heteroatoms. The predicted octanol–water partition coefficient (Wildman–Crippen LogP) is 2.74. The number of methoxy groups -OCH3 is 1. The molecule has 0 saturated carbocycles. The van der Waals surface area contributed by atoms with Gasteiger partial charge in [0.2, 0.25) is 0 Å². The third-order valence-electron chi connectivity index (χ3n) is 5.79. The van der Waals surface area contributed by atoms with Crippen LogP contribution >= 0.6 is 0 Å². The van der Waals surface area contributed by atoms with Crippen molar-refractivity contribution in [2.75, 3.05) is 20.3 Å². The van der Waals surface area contributed by atoms with E-state index in [4.69, 9.17) is 19.1 Å². The molecule has 9 nitrogen and oxygen atoms in total. The smallest absolute Gasteiger partial charge is 0.278 e. The van der Waals surface area contributed by atoms with Crippen molar-refractivity contribution >= 4 is 0 Å². The monoisotopic (exact) mass is 404 g/mol. The second-order valence-electron chi connectivity index (χ2n) is 7.66. The minimum Gasteiger partial charge on any atom is -0.497 e. The molecule has 1 saturated heterocycles. The van der Waals surface area contributed by atoms with E-state index < -0.39 is 0 Å². The zero-order valence-electron chi connectivity index (χ0n) is 16.7. The highest BCUT2D eigenvalue weighted by molar-refractivity contribution is 5.77. The lowest BCUT2D eigenvalue weighted by molar-refractivity contribution is 0.192. The summed E-state index contributed by atoms with van der Waals surface area (Å²) in [6.45, 7) is 1.37. The first-order valence-electron chi connectivity index (χ1n) is 9.90. The van der Waals surface area contributed by atoms with E-state index in [2.05, 4.69) is 19.7 Å². The lowest BCUT2D eigenvalue weighted by Crippen LogP contribution is -2.01. The molecule has 1 aromatic carbocycles. The Hall–Kier alpha value is -3.46. The van der Waals surface area contributed by atoms with Crippen LogP contribution in [0.3, 0.4) is 0 Å². The van der Waals surface area contributed by atoms with E-state index in [0.717, 1.165) is 47.0 Å². The number of rotatable bonds is 3. The van der Waals surface area contributed by atoms with Crippen LogP contribution in [-0.4, -0.2) is 49.8 Å². The highest BCUT2D eigenvalue weighted by Gasteiger charge is 2.29. The zero-order chi connectivity index (χ0) is 20.2. The number of imidazole rings is 1. The molecule has 1 fully saturated rings. The summed E-state index contributed by atoms with van der Waals surface area (Å²) in [7, 11) is 3.60. The van der Waals surface area contributed by atoms with Gasteiger partial charge in [-0.05, 0) is 24.6 Å². The maximum Gasteiger partial charge on any atom is 0.278 e. The van der Waals surface area contributed by atoms with Gasteiger partial charge < -0.3 is 18.6 Å². The molecule has 0 radical (unpaired) electrons. The number of aryl methyl sites for hydroxylation is 1. The minimum absolute atomic E-state index is 0.182. The Kier molecular flexibility index (Phi) is 3.79. The summed E-state index contributed by atoms with van der Waals surface area (Å²) in [6, 6.07) is 5.99. The van der Waals surface area contributed by atoms with Crippen molar-refractivity contribution in [2.24, 2.45) is 7.05 Å².